The summed E-state index contributed by atoms with van der Waals surface area (Å²) in [5.41, 5.74) is 1.44. The van der Waals surface area contributed by atoms with Crippen LogP contribution in [0.25, 0.3) is 6.08 Å². The highest BCUT2D eigenvalue weighted by atomic mass is 16.3. The Labute approximate surface area is 71.8 Å². The molecule has 0 unspecified atom stereocenters. The van der Waals surface area contributed by atoms with E-state index >= 15 is 0 Å². The van der Waals surface area contributed by atoms with Crippen molar-refractivity contribution in [3.8, 4) is 5.75 Å². The zero-order valence-electron chi connectivity index (χ0n) is 6.99. The second kappa shape index (κ2) is 3.93. The van der Waals surface area contributed by atoms with Gasteiger partial charge in [0.15, 0.2) is 0 Å². The summed E-state index contributed by atoms with van der Waals surface area (Å²) < 4.78 is 0. The fourth-order valence-corrected chi connectivity index (χ4v) is 1.10. The molecule has 0 amide bonds. The van der Waals surface area contributed by atoms with Gasteiger partial charge in [-0.25, -0.2) is 0 Å². The van der Waals surface area contributed by atoms with Crippen molar-refractivity contribution in [3.63, 3.8) is 0 Å². The Kier molecular flexibility index (Phi) is 2.88. The van der Waals surface area contributed by atoms with E-state index in [2.05, 4.69) is 0 Å². The number of rotatable bonds is 2. The van der Waals surface area contributed by atoms with Crippen molar-refractivity contribution in [2.75, 3.05) is 0 Å². The minimum atomic E-state index is -0.133. The van der Waals surface area contributed by atoms with Gasteiger partial charge in [0.2, 0.25) is 0 Å². The van der Waals surface area contributed by atoms with Gasteiger partial charge in [0.25, 0.3) is 0 Å². The van der Waals surface area contributed by atoms with Gasteiger partial charge in [0, 0.05) is 5.56 Å². The Bertz CT molecular complexity index is 290. The third kappa shape index (κ3) is 1.66. The van der Waals surface area contributed by atoms with E-state index in [1.165, 1.54) is 0 Å². The molecule has 0 spiro atoms. The smallest absolute Gasteiger partial charge is 0.121 e. The SMILES string of the molecule is C/C=C/c1cccc(O)c1CO. The Balaban J connectivity index is 3.18. The Morgan fingerprint density at radius 3 is 2.75 bits per heavy atom. The molecule has 0 aromatic heterocycles. The third-order valence-corrected chi connectivity index (χ3v) is 1.69. The van der Waals surface area contributed by atoms with Crippen molar-refractivity contribution in [2.24, 2.45) is 0 Å². The summed E-state index contributed by atoms with van der Waals surface area (Å²) in [4.78, 5) is 0. The van der Waals surface area contributed by atoms with Crippen LogP contribution in [0.4, 0.5) is 0 Å². The van der Waals surface area contributed by atoms with Crippen molar-refractivity contribution in [2.45, 2.75) is 13.5 Å². The molecule has 0 aliphatic heterocycles. The normalized spacial score (nSPS) is 10.8. The topological polar surface area (TPSA) is 40.5 Å². The number of phenols is 1. The lowest BCUT2D eigenvalue weighted by Crippen LogP contribution is -1.88. The van der Waals surface area contributed by atoms with Gasteiger partial charge in [-0.1, -0.05) is 24.3 Å². The van der Waals surface area contributed by atoms with Crippen molar-refractivity contribution < 1.29 is 10.2 Å². The number of aliphatic hydroxyl groups is 1. The van der Waals surface area contributed by atoms with Gasteiger partial charge in [-0.15, -0.1) is 0 Å². The minimum absolute atomic E-state index is 0.133. The molecule has 1 rings (SSSR count). The number of allylic oxidation sites excluding steroid dienone is 1. The zero-order valence-corrected chi connectivity index (χ0v) is 6.99. The summed E-state index contributed by atoms with van der Waals surface area (Å²) in [6, 6.07) is 5.17. The number of aliphatic hydroxyl groups excluding tert-OH is 1. The van der Waals surface area contributed by atoms with Gasteiger partial charge in [-0.3, -0.25) is 0 Å². The van der Waals surface area contributed by atoms with Gasteiger partial charge < -0.3 is 10.2 Å². The predicted molar refractivity (Wildman–Crippen MR) is 48.7 cm³/mol. The first-order chi connectivity index (χ1) is 5.79. The van der Waals surface area contributed by atoms with Crippen molar-refractivity contribution >= 4 is 6.08 Å². The Hall–Kier alpha value is -1.28. The first-order valence-electron chi connectivity index (χ1n) is 3.84. The van der Waals surface area contributed by atoms with Crippen LogP contribution in [0.5, 0.6) is 5.75 Å². The summed E-state index contributed by atoms with van der Waals surface area (Å²) >= 11 is 0. The summed E-state index contributed by atoms with van der Waals surface area (Å²) in [6.07, 6.45) is 3.72. The van der Waals surface area contributed by atoms with E-state index in [0.717, 1.165) is 5.56 Å². The number of hydrogen-bond acceptors (Lipinski definition) is 2. The standard InChI is InChI=1S/C10H12O2/c1-2-4-8-5-3-6-10(12)9(8)7-11/h2-6,11-12H,7H2,1H3/b4-2+. The molecule has 2 N–H and O–H groups in total. The highest BCUT2D eigenvalue weighted by molar-refractivity contribution is 5.57. The number of aromatic hydroxyl groups is 1. The number of hydrogen-bond donors (Lipinski definition) is 2. The highest BCUT2D eigenvalue weighted by Crippen LogP contribution is 2.21. The Morgan fingerprint density at radius 2 is 2.17 bits per heavy atom. The van der Waals surface area contributed by atoms with Crippen LogP contribution in [0.1, 0.15) is 18.1 Å². The molecule has 2 heteroatoms. The molecule has 0 aliphatic carbocycles. The first-order valence-corrected chi connectivity index (χ1v) is 3.84. The van der Waals surface area contributed by atoms with E-state index in [1.54, 1.807) is 12.1 Å². The van der Waals surface area contributed by atoms with Gasteiger partial charge in [-0.2, -0.15) is 0 Å². The fourth-order valence-electron chi connectivity index (χ4n) is 1.10. The van der Waals surface area contributed by atoms with E-state index in [9.17, 15) is 5.11 Å². The molecule has 0 heterocycles. The molecule has 2 nitrogen and oxygen atoms in total. The molecule has 0 atom stereocenters. The quantitative estimate of drug-likeness (QED) is 0.701. The summed E-state index contributed by atoms with van der Waals surface area (Å²) in [6.45, 7) is 1.76. The zero-order chi connectivity index (χ0) is 8.97. The minimum Gasteiger partial charge on any atom is -0.508 e. The van der Waals surface area contributed by atoms with Crippen LogP contribution in [0.3, 0.4) is 0 Å². The maximum Gasteiger partial charge on any atom is 0.121 e. The van der Waals surface area contributed by atoms with Gasteiger partial charge >= 0.3 is 0 Å². The third-order valence-electron chi connectivity index (χ3n) is 1.69. The van der Waals surface area contributed by atoms with Gasteiger partial charge in [-0.05, 0) is 18.6 Å². The second-order valence-electron chi connectivity index (χ2n) is 2.50. The van der Waals surface area contributed by atoms with E-state index in [-0.39, 0.29) is 12.4 Å². The summed E-state index contributed by atoms with van der Waals surface area (Å²) in [5.74, 6) is 0.146. The molecule has 64 valence electrons. The fraction of sp³-hybridized carbons (Fsp3) is 0.200. The predicted octanol–water partition coefficient (Wildman–Crippen LogP) is 1.92. The lowest BCUT2D eigenvalue weighted by atomic mass is 10.1. The van der Waals surface area contributed by atoms with Gasteiger partial charge in [0.05, 0.1) is 6.61 Å². The Morgan fingerprint density at radius 1 is 1.42 bits per heavy atom. The van der Waals surface area contributed by atoms with Crippen molar-refractivity contribution in [1.82, 2.24) is 0 Å². The van der Waals surface area contributed by atoms with E-state index in [0.29, 0.717) is 5.56 Å². The van der Waals surface area contributed by atoms with Crippen LogP contribution in [-0.4, -0.2) is 10.2 Å². The largest absolute Gasteiger partial charge is 0.508 e. The molecule has 0 bridgehead atoms. The molecule has 1 aromatic rings. The summed E-state index contributed by atoms with van der Waals surface area (Å²) in [5, 5.41) is 18.3. The van der Waals surface area contributed by atoms with Crippen LogP contribution >= 0.6 is 0 Å². The van der Waals surface area contributed by atoms with E-state index < -0.39 is 0 Å². The van der Waals surface area contributed by atoms with Crippen LogP contribution in [0.2, 0.25) is 0 Å². The molecule has 0 saturated carbocycles. The maximum atomic E-state index is 9.32. The molecule has 1 aromatic carbocycles. The molecule has 12 heavy (non-hydrogen) atoms. The van der Waals surface area contributed by atoms with Crippen LogP contribution in [-0.2, 0) is 6.61 Å². The summed E-state index contributed by atoms with van der Waals surface area (Å²) in [7, 11) is 0. The van der Waals surface area contributed by atoms with Crippen molar-refractivity contribution in [3.05, 3.63) is 35.4 Å². The molecule has 0 saturated heterocycles. The average molecular weight is 164 g/mol. The van der Waals surface area contributed by atoms with Gasteiger partial charge in [0.1, 0.15) is 5.75 Å². The monoisotopic (exact) mass is 164 g/mol. The molecule has 0 radical (unpaired) electrons. The highest BCUT2D eigenvalue weighted by Gasteiger charge is 2.02. The maximum absolute atomic E-state index is 9.32. The van der Waals surface area contributed by atoms with Crippen LogP contribution in [0.15, 0.2) is 24.3 Å². The van der Waals surface area contributed by atoms with Crippen molar-refractivity contribution in [1.29, 1.82) is 0 Å². The molecular weight excluding hydrogens is 152 g/mol. The average Bonchev–Trinajstić information content (AvgIpc) is 2.05. The molecule has 0 aliphatic rings. The van der Waals surface area contributed by atoms with E-state index in [4.69, 9.17) is 5.11 Å². The molecule has 0 fully saturated rings. The van der Waals surface area contributed by atoms with E-state index in [1.807, 2.05) is 25.1 Å². The lowest BCUT2D eigenvalue weighted by Gasteiger charge is -2.04. The lowest BCUT2D eigenvalue weighted by molar-refractivity contribution is 0.275. The first kappa shape index (κ1) is 8.81. The van der Waals surface area contributed by atoms with Crippen LogP contribution < -0.4 is 0 Å². The molecular formula is C10H12O2. The van der Waals surface area contributed by atoms with Crippen LogP contribution in [0, 0.1) is 0 Å². The second-order valence-corrected chi connectivity index (χ2v) is 2.50. The number of benzene rings is 1.